The highest BCUT2D eigenvalue weighted by Gasteiger charge is 2.10. The number of thioether (sulfide) groups is 1. The molecule has 2 aromatic carbocycles. The van der Waals surface area contributed by atoms with E-state index in [0.717, 1.165) is 15.8 Å². The zero-order valence-electron chi connectivity index (χ0n) is 12.9. The summed E-state index contributed by atoms with van der Waals surface area (Å²) in [4.78, 5) is 21.8. The second kappa shape index (κ2) is 6.78. The molecule has 0 saturated carbocycles. The third-order valence-electron chi connectivity index (χ3n) is 3.56. The molecule has 0 atom stereocenters. The van der Waals surface area contributed by atoms with E-state index < -0.39 is 0 Å². The van der Waals surface area contributed by atoms with Crippen LogP contribution in [0.25, 0.3) is 21.1 Å². The Morgan fingerprint density at radius 2 is 2.04 bits per heavy atom. The lowest BCUT2D eigenvalue weighted by atomic mass is 10.2. The summed E-state index contributed by atoms with van der Waals surface area (Å²) in [6, 6.07) is 14.1. The molecule has 0 radical (unpaired) electrons. The van der Waals surface area contributed by atoms with Crippen LogP contribution < -0.4 is 5.32 Å². The first kappa shape index (κ1) is 16.0. The number of aromatic nitrogens is 2. The molecular weight excluding hydrogens is 357 g/mol. The van der Waals surface area contributed by atoms with Crippen LogP contribution in [0, 0.1) is 5.82 Å². The van der Waals surface area contributed by atoms with E-state index in [9.17, 15) is 9.18 Å². The summed E-state index contributed by atoms with van der Waals surface area (Å²) in [6.45, 7) is 0. The molecule has 0 fully saturated rings. The van der Waals surface area contributed by atoms with Crippen molar-refractivity contribution in [2.45, 2.75) is 4.90 Å². The van der Waals surface area contributed by atoms with Crippen LogP contribution in [0.5, 0.6) is 0 Å². The second-order valence-electron chi connectivity index (χ2n) is 5.29. The van der Waals surface area contributed by atoms with Crippen LogP contribution in [-0.2, 0) is 4.79 Å². The van der Waals surface area contributed by atoms with Gasteiger partial charge >= 0.3 is 0 Å². The molecule has 4 rings (SSSR count). The number of nitrogens with zero attached hydrogens (tertiary/aromatic N) is 2. The van der Waals surface area contributed by atoms with Crippen molar-refractivity contribution in [1.29, 1.82) is 0 Å². The average molecular weight is 369 g/mol. The maximum absolute atomic E-state index is 13.2. The number of benzene rings is 2. The fourth-order valence-corrected chi connectivity index (χ4v) is 4.20. The first-order valence-electron chi connectivity index (χ1n) is 7.51. The lowest BCUT2D eigenvalue weighted by molar-refractivity contribution is -0.113. The SMILES string of the molecule is O=C(CSc1ccnc2ccccc12)Nc1nc2ccc(F)cc2s1. The molecule has 0 aliphatic carbocycles. The zero-order chi connectivity index (χ0) is 17.2. The largest absolute Gasteiger partial charge is 0.301 e. The van der Waals surface area contributed by atoms with Crippen molar-refractivity contribution in [2.75, 3.05) is 11.1 Å². The van der Waals surface area contributed by atoms with Crippen molar-refractivity contribution in [3.8, 4) is 0 Å². The molecule has 2 heterocycles. The molecule has 1 amide bonds. The van der Waals surface area contributed by atoms with Gasteiger partial charge in [-0.3, -0.25) is 9.78 Å². The van der Waals surface area contributed by atoms with Crippen molar-refractivity contribution < 1.29 is 9.18 Å². The number of rotatable bonds is 4. The molecule has 0 unspecified atom stereocenters. The topological polar surface area (TPSA) is 54.9 Å². The molecular formula is C18H12FN3OS2. The van der Waals surface area contributed by atoms with Crippen LogP contribution in [0.15, 0.2) is 59.6 Å². The van der Waals surface area contributed by atoms with E-state index in [1.807, 2.05) is 30.3 Å². The lowest BCUT2D eigenvalue weighted by Gasteiger charge is -2.05. The summed E-state index contributed by atoms with van der Waals surface area (Å²) in [5.41, 5.74) is 1.58. The molecule has 25 heavy (non-hydrogen) atoms. The third kappa shape index (κ3) is 3.47. The van der Waals surface area contributed by atoms with Crippen molar-refractivity contribution in [1.82, 2.24) is 9.97 Å². The highest BCUT2D eigenvalue weighted by Crippen LogP contribution is 2.28. The fourth-order valence-electron chi connectivity index (χ4n) is 2.45. The molecule has 7 heteroatoms. The predicted octanol–water partition coefficient (Wildman–Crippen LogP) is 4.71. The van der Waals surface area contributed by atoms with Gasteiger partial charge in [0.05, 0.1) is 21.5 Å². The van der Waals surface area contributed by atoms with Gasteiger partial charge in [0, 0.05) is 16.5 Å². The Kier molecular flexibility index (Phi) is 4.33. The zero-order valence-corrected chi connectivity index (χ0v) is 14.5. The molecule has 124 valence electrons. The van der Waals surface area contributed by atoms with Gasteiger partial charge in [-0.15, -0.1) is 11.8 Å². The van der Waals surface area contributed by atoms with Crippen LogP contribution in [-0.4, -0.2) is 21.6 Å². The number of amides is 1. The van der Waals surface area contributed by atoms with Crippen LogP contribution in [0.1, 0.15) is 0 Å². The maximum atomic E-state index is 13.2. The number of thiazole rings is 1. The summed E-state index contributed by atoms with van der Waals surface area (Å²) in [5.74, 6) is -0.197. The number of anilines is 1. The minimum absolute atomic E-state index is 0.148. The first-order chi connectivity index (χ1) is 12.2. The van der Waals surface area contributed by atoms with E-state index in [0.29, 0.717) is 15.3 Å². The van der Waals surface area contributed by atoms with Gasteiger partial charge in [-0.2, -0.15) is 0 Å². The summed E-state index contributed by atoms with van der Waals surface area (Å²) >= 11 is 2.71. The van der Waals surface area contributed by atoms with Crippen LogP contribution in [0.3, 0.4) is 0 Å². The molecule has 4 nitrogen and oxygen atoms in total. The van der Waals surface area contributed by atoms with Gasteiger partial charge in [0.15, 0.2) is 5.13 Å². The Hall–Kier alpha value is -2.51. The quantitative estimate of drug-likeness (QED) is 0.529. The van der Waals surface area contributed by atoms with E-state index in [2.05, 4.69) is 15.3 Å². The lowest BCUT2D eigenvalue weighted by Crippen LogP contribution is -2.13. The van der Waals surface area contributed by atoms with E-state index in [4.69, 9.17) is 0 Å². The Morgan fingerprint density at radius 1 is 1.16 bits per heavy atom. The molecule has 0 aliphatic heterocycles. The number of para-hydroxylation sites is 1. The Labute approximate surface area is 151 Å². The van der Waals surface area contributed by atoms with Crippen LogP contribution >= 0.6 is 23.1 Å². The number of nitrogens with one attached hydrogen (secondary N) is 1. The summed E-state index contributed by atoms with van der Waals surface area (Å²) in [6.07, 6.45) is 1.74. The van der Waals surface area contributed by atoms with Gasteiger partial charge in [0.1, 0.15) is 5.82 Å². The van der Waals surface area contributed by atoms with Gasteiger partial charge in [0.2, 0.25) is 5.91 Å². The van der Waals surface area contributed by atoms with E-state index in [1.165, 1.54) is 35.2 Å². The number of halogens is 1. The molecule has 0 saturated heterocycles. The minimum Gasteiger partial charge on any atom is -0.301 e. The second-order valence-corrected chi connectivity index (χ2v) is 7.34. The van der Waals surface area contributed by atoms with Gasteiger partial charge in [-0.05, 0) is 30.3 Å². The van der Waals surface area contributed by atoms with Crippen molar-refractivity contribution >= 4 is 55.3 Å². The van der Waals surface area contributed by atoms with Gasteiger partial charge in [0.25, 0.3) is 0 Å². The number of pyridine rings is 1. The molecule has 4 aromatic rings. The standard InChI is InChI=1S/C18H12FN3OS2/c19-11-5-6-14-16(9-11)25-18(21-14)22-17(23)10-24-15-7-8-20-13-4-2-1-3-12(13)15/h1-9H,10H2,(H,21,22,23). The average Bonchev–Trinajstić information content (AvgIpc) is 3.01. The minimum atomic E-state index is -0.311. The number of hydrogen-bond donors (Lipinski definition) is 1. The number of carbonyl (C=O) groups is 1. The Bertz CT molecular complexity index is 1070. The number of hydrogen-bond acceptors (Lipinski definition) is 5. The normalized spacial score (nSPS) is 11.1. The van der Waals surface area contributed by atoms with E-state index in [-0.39, 0.29) is 17.5 Å². The van der Waals surface area contributed by atoms with Gasteiger partial charge in [-0.1, -0.05) is 29.5 Å². The molecule has 0 aliphatic rings. The molecule has 2 aromatic heterocycles. The van der Waals surface area contributed by atoms with Gasteiger partial charge in [-0.25, -0.2) is 9.37 Å². The van der Waals surface area contributed by atoms with Crippen LogP contribution in [0.4, 0.5) is 9.52 Å². The molecule has 1 N–H and O–H groups in total. The summed E-state index contributed by atoms with van der Waals surface area (Å²) in [5, 5.41) is 4.28. The monoisotopic (exact) mass is 369 g/mol. The van der Waals surface area contributed by atoms with Gasteiger partial charge < -0.3 is 5.32 Å². The molecule has 0 spiro atoms. The smallest absolute Gasteiger partial charge is 0.236 e. The predicted molar refractivity (Wildman–Crippen MR) is 101 cm³/mol. The number of fused-ring (bicyclic) bond motifs is 2. The van der Waals surface area contributed by atoms with Crippen molar-refractivity contribution in [2.24, 2.45) is 0 Å². The highest BCUT2D eigenvalue weighted by molar-refractivity contribution is 8.00. The maximum Gasteiger partial charge on any atom is 0.236 e. The number of carbonyl (C=O) groups excluding carboxylic acids is 1. The first-order valence-corrected chi connectivity index (χ1v) is 9.32. The molecule has 0 bridgehead atoms. The van der Waals surface area contributed by atoms with Crippen LogP contribution in [0.2, 0.25) is 0 Å². The third-order valence-corrected chi connectivity index (χ3v) is 5.57. The summed E-state index contributed by atoms with van der Waals surface area (Å²) < 4.78 is 13.9. The van der Waals surface area contributed by atoms with E-state index >= 15 is 0 Å². The highest BCUT2D eigenvalue weighted by atomic mass is 32.2. The fraction of sp³-hybridized carbons (Fsp3) is 0.0556. The van der Waals surface area contributed by atoms with E-state index in [1.54, 1.807) is 12.3 Å². The van der Waals surface area contributed by atoms with Crippen molar-refractivity contribution in [3.05, 3.63) is 60.5 Å². The van der Waals surface area contributed by atoms with Crippen molar-refractivity contribution in [3.63, 3.8) is 0 Å². The Morgan fingerprint density at radius 3 is 2.96 bits per heavy atom. The Balaban J connectivity index is 1.46. The summed E-state index contributed by atoms with van der Waals surface area (Å²) in [7, 11) is 0.